The Labute approximate surface area is 178 Å². The number of halogens is 1. The van der Waals surface area contributed by atoms with Crippen molar-refractivity contribution in [2.24, 2.45) is 0 Å². The van der Waals surface area contributed by atoms with Crippen LogP contribution in [0.25, 0.3) is 0 Å². The molecular weight excluding hydrogens is 388 g/mol. The van der Waals surface area contributed by atoms with E-state index in [0.717, 1.165) is 17.5 Å². The van der Waals surface area contributed by atoms with Crippen LogP contribution in [0.4, 0.5) is 0 Å². The number of nitrogens with zero attached hydrogens (tertiary/aromatic N) is 1. The molecular formula is C23H29ClN2O3. The van der Waals surface area contributed by atoms with Gasteiger partial charge in [-0.2, -0.15) is 0 Å². The van der Waals surface area contributed by atoms with Crippen molar-refractivity contribution in [3.05, 3.63) is 70.7 Å². The molecule has 156 valence electrons. The van der Waals surface area contributed by atoms with Crippen LogP contribution in [-0.2, 0) is 27.3 Å². The van der Waals surface area contributed by atoms with E-state index in [0.29, 0.717) is 37.6 Å². The third kappa shape index (κ3) is 7.87. The summed E-state index contributed by atoms with van der Waals surface area (Å²) in [5.41, 5.74) is 2.03. The molecule has 0 radical (unpaired) electrons. The topological polar surface area (TPSA) is 58.6 Å². The van der Waals surface area contributed by atoms with Crippen LogP contribution in [0.2, 0.25) is 5.02 Å². The lowest BCUT2D eigenvalue weighted by Gasteiger charge is -2.29. The Morgan fingerprint density at radius 3 is 2.41 bits per heavy atom. The molecule has 5 nitrogen and oxygen atoms in total. The maximum absolute atomic E-state index is 13.0. The maximum Gasteiger partial charge on any atom is 0.242 e. The maximum atomic E-state index is 13.0. The molecule has 0 aliphatic heterocycles. The summed E-state index contributed by atoms with van der Waals surface area (Å²) in [5.74, 6) is -0.216. The number of carbonyl (C=O) groups is 2. The van der Waals surface area contributed by atoms with E-state index in [1.54, 1.807) is 31.1 Å². The van der Waals surface area contributed by atoms with Crippen molar-refractivity contribution in [2.45, 2.75) is 38.8 Å². The minimum absolute atomic E-state index is 0.0525. The van der Waals surface area contributed by atoms with Gasteiger partial charge in [0.05, 0.1) is 0 Å². The summed E-state index contributed by atoms with van der Waals surface area (Å²) >= 11 is 5.97. The summed E-state index contributed by atoms with van der Waals surface area (Å²) in [7, 11) is 1.63. The Morgan fingerprint density at radius 2 is 1.76 bits per heavy atom. The van der Waals surface area contributed by atoms with E-state index in [4.69, 9.17) is 16.3 Å². The Bertz CT molecular complexity index is 765. The van der Waals surface area contributed by atoms with E-state index < -0.39 is 6.04 Å². The third-order valence-corrected chi connectivity index (χ3v) is 4.98. The highest BCUT2D eigenvalue weighted by Gasteiger charge is 2.25. The predicted octanol–water partition coefficient (Wildman–Crippen LogP) is 3.84. The zero-order valence-electron chi connectivity index (χ0n) is 17.1. The smallest absolute Gasteiger partial charge is 0.242 e. The molecule has 1 N–H and O–H groups in total. The fourth-order valence-corrected chi connectivity index (χ4v) is 3.11. The molecule has 0 saturated heterocycles. The Morgan fingerprint density at radius 1 is 1.07 bits per heavy atom. The molecule has 29 heavy (non-hydrogen) atoms. The Kier molecular flexibility index (Phi) is 9.68. The highest BCUT2D eigenvalue weighted by Crippen LogP contribution is 2.15. The number of nitrogens with one attached hydrogen (secondary N) is 1. The largest absolute Gasteiger partial charge is 0.385 e. The summed E-state index contributed by atoms with van der Waals surface area (Å²) in [6, 6.07) is 16.6. The van der Waals surface area contributed by atoms with Crippen LogP contribution in [0.3, 0.4) is 0 Å². The minimum Gasteiger partial charge on any atom is -0.385 e. The van der Waals surface area contributed by atoms with Gasteiger partial charge < -0.3 is 15.0 Å². The molecule has 2 aromatic carbocycles. The van der Waals surface area contributed by atoms with Gasteiger partial charge in [0.15, 0.2) is 0 Å². The van der Waals surface area contributed by atoms with Crippen LogP contribution in [0.1, 0.15) is 30.9 Å². The van der Waals surface area contributed by atoms with Crippen LogP contribution >= 0.6 is 11.6 Å². The lowest BCUT2D eigenvalue weighted by atomic mass is 10.1. The van der Waals surface area contributed by atoms with E-state index in [2.05, 4.69) is 5.32 Å². The average Bonchev–Trinajstić information content (AvgIpc) is 2.74. The van der Waals surface area contributed by atoms with Crippen molar-refractivity contribution in [1.29, 1.82) is 0 Å². The fraction of sp³-hybridized carbons (Fsp3) is 0.391. The van der Waals surface area contributed by atoms with Crippen molar-refractivity contribution in [3.8, 4) is 0 Å². The van der Waals surface area contributed by atoms with E-state index in [9.17, 15) is 9.59 Å². The van der Waals surface area contributed by atoms with Crippen LogP contribution in [0.15, 0.2) is 54.6 Å². The number of hydrogen-bond donors (Lipinski definition) is 1. The molecule has 0 aromatic heterocycles. The molecule has 2 amide bonds. The average molecular weight is 417 g/mol. The minimum atomic E-state index is -0.573. The first kappa shape index (κ1) is 22.9. The summed E-state index contributed by atoms with van der Waals surface area (Å²) in [4.78, 5) is 27.3. The van der Waals surface area contributed by atoms with Gasteiger partial charge in [-0.25, -0.2) is 0 Å². The first-order valence-corrected chi connectivity index (χ1v) is 10.2. The number of rotatable bonds is 11. The Hall–Kier alpha value is -2.37. The van der Waals surface area contributed by atoms with Crippen molar-refractivity contribution in [1.82, 2.24) is 10.2 Å². The van der Waals surface area contributed by atoms with Crippen molar-refractivity contribution < 1.29 is 14.3 Å². The SMILES string of the molecule is COCCCNC(=O)[C@@H](C)N(Cc1ccc(Cl)cc1)C(=O)CCc1ccccc1. The number of benzene rings is 2. The number of ether oxygens (including phenoxy) is 1. The van der Waals surface area contributed by atoms with E-state index in [1.165, 1.54) is 0 Å². The molecule has 2 rings (SSSR count). The van der Waals surface area contributed by atoms with E-state index >= 15 is 0 Å². The summed E-state index contributed by atoms with van der Waals surface area (Å²) < 4.78 is 5.01. The van der Waals surface area contributed by atoms with Gasteiger partial charge in [0, 0.05) is 38.2 Å². The second-order valence-electron chi connectivity index (χ2n) is 6.95. The number of carbonyl (C=O) groups excluding carboxylic acids is 2. The third-order valence-electron chi connectivity index (χ3n) is 4.73. The normalized spacial score (nSPS) is 11.7. The highest BCUT2D eigenvalue weighted by molar-refractivity contribution is 6.30. The monoisotopic (exact) mass is 416 g/mol. The molecule has 0 aliphatic carbocycles. The summed E-state index contributed by atoms with van der Waals surface area (Å²) in [6.07, 6.45) is 1.71. The molecule has 1 atom stereocenters. The van der Waals surface area contributed by atoms with Gasteiger partial charge in [-0.05, 0) is 43.0 Å². The number of methoxy groups -OCH3 is 1. The van der Waals surface area contributed by atoms with Gasteiger partial charge in [0.2, 0.25) is 11.8 Å². The van der Waals surface area contributed by atoms with Gasteiger partial charge >= 0.3 is 0 Å². The summed E-state index contributed by atoms with van der Waals surface area (Å²) in [6.45, 7) is 3.22. The molecule has 2 aromatic rings. The zero-order valence-corrected chi connectivity index (χ0v) is 17.8. The molecule has 0 bridgehead atoms. The zero-order chi connectivity index (χ0) is 21.1. The van der Waals surface area contributed by atoms with Gasteiger partial charge in [0.1, 0.15) is 6.04 Å². The molecule has 6 heteroatoms. The number of amides is 2. The molecule has 0 aliphatic rings. The molecule has 0 spiro atoms. The van der Waals surface area contributed by atoms with Gasteiger partial charge in [-0.3, -0.25) is 9.59 Å². The second kappa shape index (κ2) is 12.2. The lowest BCUT2D eigenvalue weighted by Crippen LogP contribution is -2.48. The fourth-order valence-electron chi connectivity index (χ4n) is 2.98. The van der Waals surface area contributed by atoms with Gasteiger partial charge in [-0.15, -0.1) is 0 Å². The first-order chi connectivity index (χ1) is 14.0. The molecule has 0 saturated carbocycles. The summed E-state index contributed by atoms with van der Waals surface area (Å²) in [5, 5.41) is 3.53. The molecule has 0 fully saturated rings. The quantitative estimate of drug-likeness (QED) is 0.566. The number of hydrogen-bond acceptors (Lipinski definition) is 3. The van der Waals surface area contributed by atoms with Crippen LogP contribution in [-0.4, -0.2) is 43.0 Å². The first-order valence-electron chi connectivity index (χ1n) is 9.85. The van der Waals surface area contributed by atoms with Crippen LogP contribution in [0.5, 0.6) is 0 Å². The molecule has 0 unspecified atom stereocenters. The van der Waals surface area contributed by atoms with Crippen molar-refractivity contribution in [2.75, 3.05) is 20.3 Å². The van der Waals surface area contributed by atoms with Crippen molar-refractivity contribution in [3.63, 3.8) is 0 Å². The van der Waals surface area contributed by atoms with Crippen LogP contribution < -0.4 is 5.32 Å². The highest BCUT2D eigenvalue weighted by atomic mass is 35.5. The molecule has 0 heterocycles. The second-order valence-corrected chi connectivity index (χ2v) is 7.38. The van der Waals surface area contributed by atoms with Gasteiger partial charge in [0.25, 0.3) is 0 Å². The Balaban J connectivity index is 2.05. The standard InChI is InChI=1S/C23H29ClN2O3/c1-18(23(28)25-15-6-16-29-2)26(17-20-9-12-21(24)13-10-20)22(27)14-11-19-7-4-3-5-8-19/h3-5,7-10,12-13,18H,6,11,14-17H2,1-2H3,(H,25,28)/t18-/m1/s1. The lowest BCUT2D eigenvalue weighted by molar-refractivity contribution is -0.140. The van der Waals surface area contributed by atoms with Gasteiger partial charge in [-0.1, -0.05) is 54.1 Å². The van der Waals surface area contributed by atoms with Crippen molar-refractivity contribution >= 4 is 23.4 Å². The predicted molar refractivity (Wildman–Crippen MR) is 116 cm³/mol. The van der Waals surface area contributed by atoms with E-state index in [-0.39, 0.29) is 11.8 Å². The van der Waals surface area contributed by atoms with Crippen LogP contribution in [0, 0.1) is 0 Å². The van der Waals surface area contributed by atoms with E-state index in [1.807, 2.05) is 42.5 Å². The number of aryl methyl sites for hydroxylation is 1.